The van der Waals surface area contributed by atoms with Crippen LogP contribution in [-0.4, -0.2) is 32.1 Å². The Labute approximate surface area is 99.2 Å². The number of ether oxygens (including phenoxy) is 2. The van der Waals surface area contributed by atoms with E-state index in [1.807, 2.05) is 0 Å². The van der Waals surface area contributed by atoms with Crippen molar-refractivity contribution in [3.8, 4) is 0 Å². The molecule has 0 radical (unpaired) electrons. The summed E-state index contributed by atoms with van der Waals surface area (Å²) in [5.41, 5.74) is 1.30. The molecular formula is C13H25NO2. The molecule has 0 saturated carbocycles. The molecule has 1 N–H and O–H groups in total. The summed E-state index contributed by atoms with van der Waals surface area (Å²) >= 11 is 0. The van der Waals surface area contributed by atoms with E-state index in [0.29, 0.717) is 6.04 Å². The first kappa shape index (κ1) is 13.7. The average molecular weight is 227 g/mol. The van der Waals surface area contributed by atoms with Crippen LogP contribution in [0, 0.1) is 0 Å². The van der Waals surface area contributed by atoms with Gasteiger partial charge in [-0.05, 0) is 25.8 Å². The van der Waals surface area contributed by atoms with Gasteiger partial charge in [0.2, 0.25) is 0 Å². The summed E-state index contributed by atoms with van der Waals surface area (Å²) < 4.78 is 11.0. The molecule has 1 aliphatic heterocycles. The Bertz CT molecular complexity index is 200. The number of nitrogens with one attached hydrogen (secondary N) is 1. The maximum Gasteiger partial charge on any atom is 0.159 e. The molecule has 0 spiro atoms. The minimum absolute atomic E-state index is 0.0148. The highest BCUT2D eigenvalue weighted by Crippen LogP contribution is 2.16. The third-order valence-electron chi connectivity index (χ3n) is 2.89. The van der Waals surface area contributed by atoms with Crippen LogP contribution in [0.15, 0.2) is 12.2 Å². The molecule has 0 bridgehead atoms. The molecule has 3 heteroatoms. The lowest BCUT2D eigenvalue weighted by atomic mass is 10.0. The number of hydrogen-bond acceptors (Lipinski definition) is 3. The second-order valence-electron chi connectivity index (χ2n) is 4.37. The van der Waals surface area contributed by atoms with Crippen molar-refractivity contribution in [3.63, 3.8) is 0 Å². The fraction of sp³-hybridized carbons (Fsp3) is 0.846. The van der Waals surface area contributed by atoms with Crippen molar-refractivity contribution in [2.75, 3.05) is 19.8 Å². The monoisotopic (exact) mass is 227 g/mol. The Hall–Kier alpha value is -0.380. The Morgan fingerprint density at radius 1 is 1.38 bits per heavy atom. The van der Waals surface area contributed by atoms with Crippen molar-refractivity contribution in [2.24, 2.45) is 0 Å². The van der Waals surface area contributed by atoms with Gasteiger partial charge in [-0.3, -0.25) is 0 Å². The minimum atomic E-state index is -0.0148. The summed E-state index contributed by atoms with van der Waals surface area (Å²) in [6.07, 6.45) is 4.15. The fourth-order valence-corrected chi connectivity index (χ4v) is 1.86. The van der Waals surface area contributed by atoms with E-state index < -0.39 is 0 Å². The third kappa shape index (κ3) is 5.10. The lowest BCUT2D eigenvalue weighted by Gasteiger charge is -2.21. The van der Waals surface area contributed by atoms with Crippen LogP contribution in [0.25, 0.3) is 0 Å². The summed E-state index contributed by atoms with van der Waals surface area (Å²) in [5, 5.41) is 3.54. The molecule has 1 rings (SSSR count). The van der Waals surface area contributed by atoms with Gasteiger partial charge in [-0.25, -0.2) is 0 Å². The molecule has 0 aromatic carbocycles. The van der Waals surface area contributed by atoms with E-state index in [1.54, 1.807) is 0 Å². The first-order valence-electron chi connectivity index (χ1n) is 6.39. The highest BCUT2D eigenvalue weighted by molar-refractivity contribution is 4.96. The molecule has 1 heterocycles. The highest BCUT2D eigenvalue weighted by atomic mass is 16.7. The number of rotatable bonds is 8. The van der Waals surface area contributed by atoms with E-state index in [2.05, 4.69) is 25.7 Å². The summed E-state index contributed by atoms with van der Waals surface area (Å²) in [6, 6.07) is 0.440. The maximum atomic E-state index is 5.49. The van der Waals surface area contributed by atoms with Crippen LogP contribution in [0.4, 0.5) is 0 Å². The van der Waals surface area contributed by atoms with Crippen molar-refractivity contribution in [1.29, 1.82) is 0 Å². The van der Waals surface area contributed by atoms with Crippen LogP contribution in [0.5, 0.6) is 0 Å². The molecule has 16 heavy (non-hydrogen) atoms. The van der Waals surface area contributed by atoms with Crippen molar-refractivity contribution >= 4 is 0 Å². The molecule has 0 aromatic heterocycles. The molecule has 1 atom stereocenters. The van der Waals surface area contributed by atoms with Crippen LogP contribution < -0.4 is 5.32 Å². The van der Waals surface area contributed by atoms with Crippen LogP contribution in [0.1, 0.15) is 39.5 Å². The van der Waals surface area contributed by atoms with Gasteiger partial charge >= 0.3 is 0 Å². The molecule has 0 amide bonds. The molecule has 1 unspecified atom stereocenters. The van der Waals surface area contributed by atoms with Gasteiger partial charge < -0.3 is 14.8 Å². The molecule has 1 aliphatic rings. The standard InChI is InChI=1S/C13H25NO2/c1-4-6-14-12(9-11(3)5-2)10-13-15-7-8-16-13/h12-14H,3-10H2,1-2H3. The zero-order valence-corrected chi connectivity index (χ0v) is 10.6. The second kappa shape index (κ2) is 7.82. The van der Waals surface area contributed by atoms with E-state index in [-0.39, 0.29) is 6.29 Å². The summed E-state index contributed by atoms with van der Waals surface area (Å²) in [5.74, 6) is 0. The predicted octanol–water partition coefficient (Wildman–Crippen LogP) is 2.47. The van der Waals surface area contributed by atoms with Crippen molar-refractivity contribution in [1.82, 2.24) is 5.32 Å². The third-order valence-corrected chi connectivity index (χ3v) is 2.89. The van der Waals surface area contributed by atoms with Gasteiger partial charge in [0.05, 0.1) is 13.2 Å². The Morgan fingerprint density at radius 2 is 2.06 bits per heavy atom. The molecule has 0 aliphatic carbocycles. The van der Waals surface area contributed by atoms with Crippen molar-refractivity contribution in [2.45, 2.75) is 51.9 Å². The van der Waals surface area contributed by atoms with Gasteiger partial charge in [0.15, 0.2) is 6.29 Å². The normalized spacial score (nSPS) is 18.9. The quantitative estimate of drug-likeness (QED) is 0.646. The second-order valence-corrected chi connectivity index (χ2v) is 4.37. The lowest BCUT2D eigenvalue weighted by Crippen LogP contribution is -2.34. The zero-order chi connectivity index (χ0) is 11.8. The Balaban J connectivity index is 2.32. The molecule has 94 valence electrons. The highest BCUT2D eigenvalue weighted by Gasteiger charge is 2.21. The smallest absolute Gasteiger partial charge is 0.159 e. The minimum Gasteiger partial charge on any atom is -0.350 e. The summed E-state index contributed by atoms with van der Waals surface area (Å²) in [7, 11) is 0. The van der Waals surface area contributed by atoms with E-state index in [4.69, 9.17) is 9.47 Å². The Kier molecular flexibility index (Phi) is 6.69. The van der Waals surface area contributed by atoms with E-state index >= 15 is 0 Å². The van der Waals surface area contributed by atoms with Gasteiger partial charge in [-0.2, -0.15) is 0 Å². The molecule has 3 nitrogen and oxygen atoms in total. The first-order valence-corrected chi connectivity index (χ1v) is 6.39. The number of hydrogen-bond donors (Lipinski definition) is 1. The fourth-order valence-electron chi connectivity index (χ4n) is 1.86. The van der Waals surface area contributed by atoms with E-state index in [9.17, 15) is 0 Å². The predicted molar refractivity (Wildman–Crippen MR) is 66.4 cm³/mol. The Morgan fingerprint density at radius 3 is 2.62 bits per heavy atom. The largest absolute Gasteiger partial charge is 0.350 e. The topological polar surface area (TPSA) is 30.5 Å². The molecule has 1 fully saturated rings. The average Bonchev–Trinajstić information content (AvgIpc) is 2.78. The van der Waals surface area contributed by atoms with Crippen molar-refractivity contribution < 1.29 is 9.47 Å². The molecule has 1 saturated heterocycles. The zero-order valence-electron chi connectivity index (χ0n) is 10.6. The van der Waals surface area contributed by atoms with Crippen molar-refractivity contribution in [3.05, 3.63) is 12.2 Å². The first-order chi connectivity index (χ1) is 7.76. The van der Waals surface area contributed by atoms with E-state index in [0.717, 1.165) is 45.4 Å². The SMILES string of the molecule is C=C(CC)CC(CC1OCCO1)NCCC. The molecular weight excluding hydrogens is 202 g/mol. The van der Waals surface area contributed by atoms with E-state index in [1.165, 1.54) is 5.57 Å². The maximum absolute atomic E-state index is 5.49. The van der Waals surface area contributed by atoms with Gasteiger partial charge in [-0.15, -0.1) is 0 Å². The van der Waals surface area contributed by atoms with Gasteiger partial charge in [-0.1, -0.05) is 26.0 Å². The van der Waals surface area contributed by atoms with Crippen LogP contribution >= 0.6 is 0 Å². The lowest BCUT2D eigenvalue weighted by molar-refractivity contribution is -0.0526. The van der Waals surface area contributed by atoms with Gasteiger partial charge in [0.1, 0.15) is 0 Å². The van der Waals surface area contributed by atoms with Crippen LogP contribution in [0.2, 0.25) is 0 Å². The molecule has 0 aromatic rings. The van der Waals surface area contributed by atoms with Gasteiger partial charge in [0.25, 0.3) is 0 Å². The van der Waals surface area contributed by atoms with Crippen LogP contribution in [0.3, 0.4) is 0 Å². The van der Waals surface area contributed by atoms with Gasteiger partial charge in [0, 0.05) is 12.5 Å². The summed E-state index contributed by atoms with van der Waals surface area (Å²) in [6.45, 7) is 10.9. The summed E-state index contributed by atoms with van der Waals surface area (Å²) in [4.78, 5) is 0. The van der Waals surface area contributed by atoms with Crippen LogP contribution in [-0.2, 0) is 9.47 Å².